The van der Waals surface area contributed by atoms with Crippen LogP contribution >= 0.6 is 11.6 Å². The van der Waals surface area contributed by atoms with Gasteiger partial charge in [0.25, 0.3) is 0 Å². The fraction of sp³-hybridized carbons (Fsp3) is 0.417. The summed E-state index contributed by atoms with van der Waals surface area (Å²) in [6, 6.07) is 2.29. The van der Waals surface area contributed by atoms with E-state index < -0.39 is 31.7 Å². The highest BCUT2D eigenvalue weighted by Crippen LogP contribution is 2.35. The maximum atomic E-state index is 12.7. The van der Waals surface area contributed by atoms with Crippen molar-refractivity contribution in [2.45, 2.75) is 17.5 Å². The van der Waals surface area contributed by atoms with E-state index in [-0.39, 0.29) is 18.9 Å². The first-order valence-corrected chi connectivity index (χ1v) is 7.88. The minimum Gasteiger partial charge on any atom is -0.349 e. The Kier molecular flexibility index (Phi) is 5.82. The number of benzene rings is 1. The van der Waals surface area contributed by atoms with Crippen molar-refractivity contribution in [3.8, 4) is 0 Å². The summed E-state index contributed by atoms with van der Waals surface area (Å²) in [5.74, 6) is -0.310. The Labute approximate surface area is 131 Å². The van der Waals surface area contributed by atoms with Crippen LogP contribution in [0, 0.1) is 0 Å². The first kappa shape index (κ1) is 18.7. The van der Waals surface area contributed by atoms with E-state index in [2.05, 4.69) is 4.72 Å². The van der Waals surface area contributed by atoms with Crippen molar-refractivity contribution in [1.29, 1.82) is 0 Å². The zero-order valence-electron chi connectivity index (χ0n) is 11.7. The molecule has 1 rings (SSSR count). The van der Waals surface area contributed by atoms with Crippen LogP contribution < -0.4 is 4.72 Å². The zero-order valence-corrected chi connectivity index (χ0v) is 13.3. The number of carbonyl (C=O) groups excluding carboxylic acids is 1. The first-order chi connectivity index (χ1) is 9.95. The fourth-order valence-electron chi connectivity index (χ4n) is 1.49. The third kappa shape index (κ3) is 4.85. The van der Waals surface area contributed by atoms with Crippen molar-refractivity contribution in [3.05, 3.63) is 28.8 Å². The minimum absolute atomic E-state index is 0.105. The van der Waals surface area contributed by atoms with Crippen LogP contribution in [0.4, 0.5) is 13.2 Å². The van der Waals surface area contributed by atoms with Crippen LogP contribution in [-0.2, 0) is 21.0 Å². The monoisotopic (exact) mass is 358 g/mol. The predicted octanol–water partition coefficient (Wildman–Crippen LogP) is 2.12. The lowest BCUT2D eigenvalue weighted by Crippen LogP contribution is -2.30. The Morgan fingerprint density at radius 3 is 2.41 bits per heavy atom. The van der Waals surface area contributed by atoms with E-state index in [1.54, 1.807) is 0 Å². The molecule has 1 aromatic rings. The van der Waals surface area contributed by atoms with Crippen LogP contribution in [0.25, 0.3) is 0 Å². The molecule has 1 amide bonds. The summed E-state index contributed by atoms with van der Waals surface area (Å²) in [4.78, 5) is 12.0. The quantitative estimate of drug-likeness (QED) is 0.876. The van der Waals surface area contributed by atoms with Crippen molar-refractivity contribution in [1.82, 2.24) is 9.62 Å². The van der Waals surface area contributed by atoms with E-state index >= 15 is 0 Å². The molecule has 0 bridgehead atoms. The maximum absolute atomic E-state index is 12.7. The van der Waals surface area contributed by atoms with Gasteiger partial charge in [-0.05, 0) is 18.2 Å². The Hall–Kier alpha value is -1.32. The number of nitrogens with zero attached hydrogens (tertiary/aromatic N) is 1. The standard InChI is InChI=1S/C12H14ClF3N2O3S/c1-18(2)11(19)5-6-17-22(20,21)8-3-4-10(13)9(7-8)12(14,15)16/h3-4,7,17H,5-6H2,1-2H3. The molecule has 22 heavy (non-hydrogen) atoms. The van der Waals surface area contributed by atoms with Crippen molar-refractivity contribution in [2.75, 3.05) is 20.6 Å². The molecule has 1 N–H and O–H groups in total. The van der Waals surface area contributed by atoms with E-state index in [1.165, 1.54) is 19.0 Å². The molecule has 0 spiro atoms. The molecule has 124 valence electrons. The number of rotatable bonds is 5. The molecule has 0 aromatic heterocycles. The summed E-state index contributed by atoms with van der Waals surface area (Å²) in [5, 5.41) is -0.589. The average Bonchev–Trinajstić information content (AvgIpc) is 2.37. The Morgan fingerprint density at radius 2 is 1.91 bits per heavy atom. The molecule has 0 saturated heterocycles. The van der Waals surface area contributed by atoms with Crippen molar-refractivity contribution in [2.24, 2.45) is 0 Å². The highest BCUT2D eigenvalue weighted by molar-refractivity contribution is 7.89. The summed E-state index contributed by atoms with van der Waals surface area (Å²) in [6.45, 7) is -0.219. The SMILES string of the molecule is CN(C)C(=O)CCNS(=O)(=O)c1ccc(Cl)c(C(F)(F)F)c1. The first-order valence-electron chi connectivity index (χ1n) is 6.01. The second-order valence-corrected chi connectivity index (χ2v) is 6.75. The Balaban J connectivity index is 2.93. The largest absolute Gasteiger partial charge is 0.417 e. The highest BCUT2D eigenvalue weighted by Gasteiger charge is 2.34. The van der Waals surface area contributed by atoms with Gasteiger partial charge >= 0.3 is 6.18 Å². The smallest absolute Gasteiger partial charge is 0.349 e. The maximum Gasteiger partial charge on any atom is 0.417 e. The molecular formula is C12H14ClF3N2O3S. The van der Waals surface area contributed by atoms with Gasteiger partial charge in [-0.2, -0.15) is 13.2 Å². The highest BCUT2D eigenvalue weighted by atomic mass is 35.5. The van der Waals surface area contributed by atoms with Crippen LogP contribution in [0.15, 0.2) is 23.1 Å². The van der Waals surface area contributed by atoms with Crippen LogP contribution in [0.3, 0.4) is 0 Å². The van der Waals surface area contributed by atoms with E-state index in [1.807, 2.05) is 0 Å². The second-order valence-electron chi connectivity index (χ2n) is 4.58. The number of amides is 1. The molecule has 0 atom stereocenters. The van der Waals surface area contributed by atoms with Gasteiger partial charge in [0, 0.05) is 27.1 Å². The molecular weight excluding hydrogens is 345 g/mol. The van der Waals surface area contributed by atoms with Crippen LogP contribution in [-0.4, -0.2) is 39.9 Å². The zero-order chi connectivity index (χ0) is 17.1. The molecule has 10 heteroatoms. The molecule has 0 saturated carbocycles. The molecule has 0 fully saturated rings. The van der Waals surface area contributed by atoms with Gasteiger partial charge in [-0.25, -0.2) is 13.1 Å². The van der Waals surface area contributed by atoms with Gasteiger partial charge in [0.05, 0.1) is 15.5 Å². The number of carbonyl (C=O) groups is 1. The summed E-state index contributed by atoms with van der Waals surface area (Å²) in [6.07, 6.45) is -4.87. The summed E-state index contributed by atoms with van der Waals surface area (Å²) >= 11 is 5.43. The van der Waals surface area contributed by atoms with Crippen molar-refractivity contribution < 1.29 is 26.4 Å². The summed E-state index contributed by atoms with van der Waals surface area (Å²) < 4.78 is 64.1. The lowest BCUT2D eigenvalue weighted by Gasteiger charge is -2.13. The number of hydrogen-bond donors (Lipinski definition) is 1. The Bertz CT molecular complexity index is 660. The van der Waals surface area contributed by atoms with Gasteiger partial charge in [0.2, 0.25) is 15.9 Å². The van der Waals surface area contributed by atoms with Gasteiger partial charge in [-0.1, -0.05) is 11.6 Å². The van der Waals surface area contributed by atoms with E-state index in [0.29, 0.717) is 6.07 Å². The molecule has 0 aliphatic heterocycles. The van der Waals surface area contributed by atoms with Gasteiger partial charge < -0.3 is 4.90 Å². The third-order valence-electron chi connectivity index (χ3n) is 2.68. The fourth-order valence-corrected chi connectivity index (χ4v) is 2.77. The normalized spacial score (nSPS) is 12.3. The topological polar surface area (TPSA) is 66.5 Å². The van der Waals surface area contributed by atoms with E-state index in [4.69, 9.17) is 11.6 Å². The summed E-state index contributed by atoms with van der Waals surface area (Å²) in [5.41, 5.74) is -1.23. The molecule has 0 heterocycles. The van der Waals surface area contributed by atoms with Gasteiger partial charge in [0.15, 0.2) is 0 Å². The van der Waals surface area contributed by atoms with Gasteiger partial charge in [0.1, 0.15) is 0 Å². The molecule has 1 aromatic carbocycles. The van der Waals surface area contributed by atoms with E-state index in [0.717, 1.165) is 12.1 Å². The molecule has 0 unspecified atom stereocenters. The van der Waals surface area contributed by atoms with Crippen molar-refractivity contribution >= 4 is 27.5 Å². The number of nitrogens with one attached hydrogen (secondary N) is 1. The van der Waals surface area contributed by atoms with Gasteiger partial charge in [-0.15, -0.1) is 0 Å². The minimum atomic E-state index is -4.76. The van der Waals surface area contributed by atoms with Crippen LogP contribution in [0.1, 0.15) is 12.0 Å². The number of hydrogen-bond acceptors (Lipinski definition) is 3. The van der Waals surface area contributed by atoms with Crippen molar-refractivity contribution in [3.63, 3.8) is 0 Å². The second kappa shape index (κ2) is 6.84. The molecule has 0 radical (unpaired) electrons. The molecule has 5 nitrogen and oxygen atoms in total. The van der Waals surface area contributed by atoms with Crippen LogP contribution in [0.5, 0.6) is 0 Å². The van der Waals surface area contributed by atoms with Gasteiger partial charge in [-0.3, -0.25) is 4.79 Å². The predicted molar refractivity (Wildman–Crippen MR) is 75.0 cm³/mol. The molecule has 0 aliphatic carbocycles. The van der Waals surface area contributed by atoms with E-state index in [9.17, 15) is 26.4 Å². The van der Waals surface area contributed by atoms with Crippen LogP contribution in [0.2, 0.25) is 5.02 Å². The average molecular weight is 359 g/mol. The number of alkyl halides is 3. The Morgan fingerprint density at radius 1 is 1.32 bits per heavy atom. The summed E-state index contributed by atoms with van der Waals surface area (Å²) in [7, 11) is -1.15. The lowest BCUT2D eigenvalue weighted by molar-refractivity contribution is -0.137. The third-order valence-corrected chi connectivity index (χ3v) is 4.47. The lowest BCUT2D eigenvalue weighted by atomic mass is 10.2. The molecule has 0 aliphatic rings. The number of sulfonamides is 1. The number of halogens is 4.